The molecule has 7 heavy (non-hydrogen) atoms. The van der Waals surface area contributed by atoms with Crippen molar-refractivity contribution in [3.8, 4) is 0 Å². The van der Waals surface area contributed by atoms with Gasteiger partial charge < -0.3 is 0 Å². The van der Waals surface area contributed by atoms with E-state index in [4.69, 9.17) is 0 Å². The molecule has 1 N–H and O–H groups in total. The zero-order chi connectivity index (χ0) is 5.91. The maximum atomic E-state index is 10.0. The second-order valence-corrected chi connectivity index (χ2v) is 2.87. The summed E-state index contributed by atoms with van der Waals surface area (Å²) in [5.74, 6) is 0. The third kappa shape index (κ3) is 5.49. The SMILES string of the molecule is C=CNS(C)(=O)=O. The fourth-order valence-corrected chi connectivity index (χ4v) is 0.454. The Morgan fingerprint density at radius 2 is 2.14 bits per heavy atom. The van der Waals surface area contributed by atoms with Crippen molar-refractivity contribution >= 4 is 10.0 Å². The molecular formula is C3H7NO2S. The van der Waals surface area contributed by atoms with Crippen molar-refractivity contribution in [2.24, 2.45) is 0 Å². The molecule has 3 nitrogen and oxygen atoms in total. The molecular weight excluding hydrogens is 114 g/mol. The number of hydrogen-bond donors (Lipinski definition) is 1. The standard InChI is InChI=1S/C3H7NO2S/c1-3-4-7(2,5)6/h3-4H,1H2,2H3. The lowest BCUT2D eigenvalue weighted by molar-refractivity contribution is 0.596. The average molecular weight is 121 g/mol. The van der Waals surface area contributed by atoms with E-state index in [0.29, 0.717) is 0 Å². The molecule has 0 unspecified atom stereocenters. The van der Waals surface area contributed by atoms with Gasteiger partial charge in [0.2, 0.25) is 10.0 Å². The van der Waals surface area contributed by atoms with E-state index in [1.165, 1.54) is 0 Å². The predicted octanol–water partition coefficient (Wildman–Crippen LogP) is -0.321. The smallest absolute Gasteiger partial charge is 0.229 e. The molecule has 42 valence electrons. The maximum Gasteiger partial charge on any atom is 0.229 e. The lowest BCUT2D eigenvalue weighted by Gasteiger charge is -1.89. The Balaban J connectivity index is 3.84. The highest BCUT2D eigenvalue weighted by Crippen LogP contribution is 1.68. The van der Waals surface area contributed by atoms with Gasteiger partial charge in [-0.05, 0) is 0 Å². The van der Waals surface area contributed by atoms with E-state index >= 15 is 0 Å². The molecule has 0 radical (unpaired) electrons. The average Bonchev–Trinajstić information content (AvgIpc) is 1.30. The summed E-state index contributed by atoms with van der Waals surface area (Å²) in [6.45, 7) is 3.16. The number of sulfonamides is 1. The van der Waals surface area contributed by atoms with Crippen molar-refractivity contribution in [3.05, 3.63) is 12.8 Å². The van der Waals surface area contributed by atoms with Crippen LogP contribution in [0.3, 0.4) is 0 Å². The van der Waals surface area contributed by atoms with Crippen LogP contribution in [-0.4, -0.2) is 14.7 Å². The van der Waals surface area contributed by atoms with Gasteiger partial charge in [0.25, 0.3) is 0 Å². The van der Waals surface area contributed by atoms with E-state index in [1.54, 1.807) is 0 Å². The highest BCUT2D eigenvalue weighted by molar-refractivity contribution is 7.88. The minimum Gasteiger partial charge on any atom is -0.291 e. The van der Waals surface area contributed by atoms with Crippen LogP contribution >= 0.6 is 0 Å². The predicted molar refractivity (Wildman–Crippen MR) is 28.2 cm³/mol. The van der Waals surface area contributed by atoms with Gasteiger partial charge >= 0.3 is 0 Å². The molecule has 0 spiro atoms. The van der Waals surface area contributed by atoms with Crippen LogP contribution in [0.25, 0.3) is 0 Å². The topological polar surface area (TPSA) is 46.2 Å². The van der Waals surface area contributed by atoms with Crippen molar-refractivity contribution in [3.63, 3.8) is 0 Å². The van der Waals surface area contributed by atoms with Gasteiger partial charge in [0.15, 0.2) is 0 Å². The van der Waals surface area contributed by atoms with Gasteiger partial charge in [0, 0.05) is 6.20 Å². The second-order valence-electron chi connectivity index (χ2n) is 1.09. The van der Waals surface area contributed by atoms with E-state index in [9.17, 15) is 8.42 Å². The highest BCUT2D eigenvalue weighted by Gasteiger charge is 1.89. The van der Waals surface area contributed by atoms with E-state index < -0.39 is 10.0 Å². The largest absolute Gasteiger partial charge is 0.291 e. The molecule has 0 rings (SSSR count). The maximum absolute atomic E-state index is 10.0. The summed E-state index contributed by atoms with van der Waals surface area (Å²) in [5, 5.41) is 0. The van der Waals surface area contributed by atoms with E-state index in [-0.39, 0.29) is 0 Å². The first kappa shape index (κ1) is 6.49. The molecule has 0 atom stereocenters. The summed E-state index contributed by atoms with van der Waals surface area (Å²) < 4.78 is 22.1. The van der Waals surface area contributed by atoms with Crippen LogP contribution in [0.1, 0.15) is 0 Å². The van der Waals surface area contributed by atoms with Gasteiger partial charge in [-0.2, -0.15) is 0 Å². The summed E-state index contributed by atoms with van der Waals surface area (Å²) in [4.78, 5) is 0. The molecule has 0 amide bonds. The molecule has 4 heteroatoms. The summed E-state index contributed by atoms with van der Waals surface area (Å²) >= 11 is 0. The van der Waals surface area contributed by atoms with Crippen LogP contribution in [0.5, 0.6) is 0 Å². The first-order valence-corrected chi connectivity index (χ1v) is 3.53. The normalized spacial score (nSPS) is 10.4. The summed E-state index contributed by atoms with van der Waals surface area (Å²) in [6, 6.07) is 0. The first-order chi connectivity index (χ1) is 3.06. The summed E-state index contributed by atoms with van der Waals surface area (Å²) in [5.41, 5.74) is 0. The van der Waals surface area contributed by atoms with Gasteiger partial charge in [-0.3, -0.25) is 4.72 Å². The molecule has 0 aromatic rings. The number of hydrogen-bond acceptors (Lipinski definition) is 2. The van der Waals surface area contributed by atoms with Crippen LogP contribution in [0.15, 0.2) is 12.8 Å². The summed E-state index contributed by atoms with van der Waals surface area (Å²) in [7, 11) is -3.04. The quantitative estimate of drug-likeness (QED) is 0.544. The van der Waals surface area contributed by atoms with Gasteiger partial charge in [-0.25, -0.2) is 8.42 Å². The Hall–Kier alpha value is -0.510. The lowest BCUT2D eigenvalue weighted by Crippen LogP contribution is -2.13. The van der Waals surface area contributed by atoms with Crippen LogP contribution in [0.4, 0.5) is 0 Å². The lowest BCUT2D eigenvalue weighted by atomic mass is 11.1. The van der Waals surface area contributed by atoms with Crippen LogP contribution in [-0.2, 0) is 10.0 Å². The molecule has 0 saturated heterocycles. The van der Waals surface area contributed by atoms with Crippen molar-refractivity contribution in [1.82, 2.24) is 4.72 Å². The minimum absolute atomic E-state index is 1.06. The molecule has 0 heterocycles. The van der Waals surface area contributed by atoms with Crippen molar-refractivity contribution in [2.45, 2.75) is 0 Å². The van der Waals surface area contributed by atoms with Crippen LogP contribution in [0.2, 0.25) is 0 Å². The Kier molecular flexibility index (Phi) is 1.83. The zero-order valence-corrected chi connectivity index (χ0v) is 4.83. The fraction of sp³-hybridized carbons (Fsp3) is 0.333. The van der Waals surface area contributed by atoms with E-state index in [0.717, 1.165) is 12.5 Å². The number of nitrogens with one attached hydrogen (secondary N) is 1. The zero-order valence-electron chi connectivity index (χ0n) is 4.01. The van der Waals surface area contributed by atoms with Gasteiger partial charge in [0.05, 0.1) is 6.26 Å². The Morgan fingerprint density at radius 3 is 2.14 bits per heavy atom. The van der Waals surface area contributed by atoms with Gasteiger partial charge in [-0.1, -0.05) is 6.58 Å². The van der Waals surface area contributed by atoms with Crippen molar-refractivity contribution < 1.29 is 8.42 Å². The number of rotatable bonds is 2. The van der Waals surface area contributed by atoms with Crippen LogP contribution in [0, 0.1) is 0 Å². The third-order valence-electron chi connectivity index (χ3n) is 0.297. The Labute approximate surface area is 43.1 Å². The molecule has 0 aliphatic carbocycles. The fourth-order valence-electron chi connectivity index (χ4n) is 0.151. The minimum atomic E-state index is -3.04. The Bertz CT molecular complexity index is 146. The molecule has 0 aliphatic rings. The second kappa shape index (κ2) is 1.97. The molecule has 0 bridgehead atoms. The first-order valence-electron chi connectivity index (χ1n) is 1.64. The van der Waals surface area contributed by atoms with Crippen molar-refractivity contribution in [1.29, 1.82) is 0 Å². The highest BCUT2D eigenvalue weighted by atomic mass is 32.2. The molecule has 0 aliphatic heterocycles. The van der Waals surface area contributed by atoms with Gasteiger partial charge in [-0.15, -0.1) is 0 Å². The van der Waals surface area contributed by atoms with E-state index in [1.807, 2.05) is 4.72 Å². The molecule has 0 aromatic carbocycles. The third-order valence-corrected chi connectivity index (χ3v) is 0.892. The summed E-state index contributed by atoms with van der Waals surface area (Å²) in [6.07, 6.45) is 2.18. The molecule has 0 fully saturated rings. The Morgan fingerprint density at radius 1 is 1.71 bits per heavy atom. The molecule has 0 aromatic heterocycles. The van der Waals surface area contributed by atoms with Gasteiger partial charge in [0.1, 0.15) is 0 Å². The van der Waals surface area contributed by atoms with E-state index in [2.05, 4.69) is 6.58 Å². The molecule has 0 saturated carbocycles. The van der Waals surface area contributed by atoms with Crippen molar-refractivity contribution in [2.75, 3.05) is 6.26 Å². The van der Waals surface area contributed by atoms with Crippen LogP contribution < -0.4 is 4.72 Å². The monoisotopic (exact) mass is 121 g/mol.